The molecule has 2 aromatic rings. The Labute approximate surface area is 123 Å². The summed E-state index contributed by atoms with van der Waals surface area (Å²) in [7, 11) is 0. The number of benzene rings is 1. The fourth-order valence-electron chi connectivity index (χ4n) is 2.61. The molecule has 0 aliphatic carbocycles. The molecule has 1 aromatic carbocycles. The van der Waals surface area contributed by atoms with Gasteiger partial charge in [0.25, 0.3) is 5.91 Å². The van der Waals surface area contributed by atoms with E-state index in [2.05, 4.69) is 43.1 Å². The van der Waals surface area contributed by atoms with Crippen LogP contribution >= 0.6 is 0 Å². The molecule has 0 fully saturated rings. The Morgan fingerprint density at radius 2 is 2.14 bits per heavy atom. The molecule has 1 aromatic heterocycles. The second kappa shape index (κ2) is 4.62. The number of primary amides is 1. The van der Waals surface area contributed by atoms with E-state index in [1.54, 1.807) is 0 Å². The molecule has 0 atom stereocenters. The number of nitrogens with two attached hydrogens (primary N) is 1. The van der Waals surface area contributed by atoms with Crippen LogP contribution in [0.25, 0.3) is 11.3 Å². The van der Waals surface area contributed by atoms with Crippen molar-refractivity contribution in [1.29, 1.82) is 0 Å². The van der Waals surface area contributed by atoms with Crippen LogP contribution < -0.4 is 10.5 Å². The molecule has 0 bridgehead atoms. The van der Waals surface area contributed by atoms with Crippen LogP contribution in [0.3, 0.4) is 0 Å². The number of ether oxygens (including phenoxy) is 1. The minimum absolute atomic E-state index is 0.0321. The van der Waals surface area contributed by atoms with Gasteiger partial charge >= 0.3 is 0 Å². The maximum atomic E-state index is 11.5. The number of nitrogens with zero attached hydrogens (tertiary/aromatic N) is 1. The maximum absolute atomic E-state index is 11.5. The van der Waals surface area contributed by atoms with Gasteiger partial charge in [0.1, 0.15) is 11.4 Å². The third-order valence-corrected chi connectivity index (χ3v) is 3.82. The highest BCUT2D eigenvalue weighted by Crippen LogP contribution is 2.38. The lowest BCUT2D eigenvalue weighted by atomic mass is 9.85. The second-order valence-corrected chi connectivity index (χ2v) is 6.35. The second-order valence-electron chi connectivity index (χ2n) is 6.35. The molecule has 0 spiro atoms. The number of aromatic amines is 1. The zero-order valence-corrected chi connectivity index (χ0v) is 12.5. The van der Waals surface area contributed by atoms with Crippen LogP contribution in [0.15, 0.2) is 18.2 Å². The molecule has 0 saturated carbocycles. The summed E-state index contributed by atoms with van der Waals surface area (Å²) >= 11 is 0. The molecule has 0 unspecified atom stereocenters. The summed E-state index contributed by atoms with van der Waals surface area (Å²) < 4.78 is 5.79. The minimum Gasteiger partial charge on any atom is -0.493 e. The lowest BCUT2D eigenvalue weighted by Gasteiger charge is -2.20. The van der Waals surface area contributed by atoms with Crippen molar-refractivity contribution < 1.29 is 9.53 Å². The van der Waals surface area contributed by atoms with Crippen molar-refractivity contribution in [2.75, 3.05) is 6.61 Å². The summed E-state index contributed by atoms with van der Waals surface area (Å²) in [6, 6.07) is 6.14. The van der Waals surface area contributed by atoms with Crippen molar-refractivity contribution in [2.45, 2.75) is 32.6 Å². The van der Waals surface area contributed by atoms with Crippen LogP contribution in [0.2, 0.25) is 0 Å². The zero-order valence-electron chi connectivity index (χ0n) is 12.5. The van der Waals surface area contributed by atoms with Gasteiger partial charge in [-0.25, -0.2) is 0 Å². The van der Waals surface area contributed by atoms with E-state index in [1.165, 1.54) is 5.56 Å². The molecule has 3 rings (SSSR count). The maximum Gasteiger partial charge on any atom is 0.267 e. The van der Waals surface area contributed by atoms with Gasteiger partial charge in [0.2, 0.25) is 0 Å². The van der Waals surface area contributed by atoms with E-state index in [0.29, 0.717) is 18.7 Å². The van der Waals surface area contributed by atoms with E-state index in [0.717, 1.165) is 22.6 Å². The number of fused-ring (bicyclic) bond motifs is 3. The molecule has 5 heteroatoms. The highest BCUT2D eigenvalue weighted by molar-refractivity contribution is 5.94. The predicted octanol–water partition coefficient (Wildman–Crippen LogP) is 2.41. The SMILES string of the molecule is CC(C)(C)c1ccc2c(c1)-c1n[nH]c(C(N)=O)c1CCO2. The molecule has 3 N–H and O–H groups in total. The minimum atomic E-state index is -0.487. The van der Waals surface area contributed by atoms with Crippen molar-refractivity contribution in [3.05, 3.63) is 35.0 Å². The van der Waals surface area contributed by atoms with Crippen LogP contribution in [0.1, 0.15) is 42.4 Å². The molecular formula is C16H19N3O2. The number of amides is 1. The van der Waals surface area contributed by atoms with Gasteiger partial charge in [0, 0.05) is 17.5 Å². The smallest absolute Gasteiger partial charge is 0.267 e. The average molecular weight is 285 g/mol. The standard InChI is InChI=1S/C16H19N3O2/c1-16(2,3)9-4-5-12-11(8-9)13-10(6-7-21-12)14(15(17)20)19-18-13/h4-5,8H,6-7H2,1-3H3,(H2,17,20)(H,18,19). The predicted molar refractivity (Wildman–Crippen MR) is 80.4 cm³/mol. The van der Waals surface area contributed by atoms with Crippen LogP contribution in [0, 0.1) is 0 Å². The van der Waals surface area contributed by atoms with Gasteiger partial charge in [-0.15, -0.1) is 0 Å². The average Bonchev–Trinajstić information content (AvgIpc) is 2.74. The Kier molecular flexibility index (Phi) is 3.01. The Morgan fingerprint density at radius 1 is 1.38 bits per heavy atom. The molecule has 21 heavy (non-hydrogen) atoms. The molecule has 5 nitrogen and oxygen atoms in total. The highest BCUT2D eigenvalue weighted by atomic mass is 16.5. The first kappa shape index (κ1) is 13.7. The first-order valence-corrected chi connectivity index (χ1v) is 7.02. The van der Waals surface area contributed by atoms with E-state index in [4.69, 9.17) is 10.5 Å². The van der Waals surface area contributed by atoms with Crippen LogP contribution in [-0.2, 0) is 11.8 Å². The lowest BCUT2D eigenvalue weighted by Crippen LogP contribution is -2.14. The zero-order chi connectivity index (χ0) is 15.2. The largest absolute Gasteiger partial charge is 0.493 e. The normalized spacial score (nSPS) is 13.9. The molecule has 0 saturated heterocycles. The first-order valence-electron chi connectivity index (χ1n) is 7.02. The van der Waals surface area contributed by atoms with Gasteiger partial charge in [-0.2, -0.15) is 5.10 Å². The van der Waals surface area contributed by atoms with E-state index in [9.17, 15) is 4.79 Å². The number of rotatable bonds is 1. The van der Waals surface area contributed by atoms with E-state index >= 15 is 0 Å². The molecule has 1 aliphatic heterocycles. The summed E-state index contributed by atoms with van der Waals surface area (Å²) in [5.74, 6) is 0.309. The summed E-state index contributed by atoms with van der Waals surface area (Å²) in [5, 5.41) is 7.06. The molecule has 0 radical (unpaired) electrons. The van der Waals surface area contributed by atoms with E-state index < -0.39 is 5.91 Å². The number of H-pyrrole nitrogens is 1. The Morgan fingerprint density at radius 3 is 2.81 bits per heavy atom. The molecule has 110 valence electrons. The lowest BCUT2D eigenvalue weighted by molar-refractivity contribution is 0.0994. The Hall–Kier alpha value is -2.30. The fourth-order valence-corrected chi connectivity index (χ4v) is 2.61. The van der Waals surface area contributed by atoms with Crippen LogP contribution in [-0.4, -0.2) is 22.7 Å². The van der Waals surface area contributed by atoms with Crippen LogP contribution in [0.4, 0.5) is 0 Å². The van der Waals surface area contributed by atoms with E-state index in [1.807, 2.05) is 6.07 Å². The van der Waals surface area contributed by atoms with Gasteiger partial charge in [-0.3, -0.25) is 9.89 Å². The third kappa shape index (κ3) is 2.28. The number of hydrogen-bond acceptors (Lipinski definition) is 3. The van der Waals surface area contributed by atoms with Gasteiger partial charge < -0.3 is 10.5 Å². The van der Waals surface area contributed by atoms with Crippen molar-refractivity contribution >= 4 is 5.91 Å². The number of hydrogen-bond donors (Lipinski definition) is 2. The molecular weight excluding hydrogens is 266 g/mol. The quantitative estimate of drug-likeness (QED) is 0.844. The molecule has 1 aliphatic rings. The van der Waals surface area contributed by atoms with Gasteiger partial charge in [0.15, 0.2) is 0 Å². The number of aromatic nitrogens is 2. The highest BCUT2D eigenvalue weighted by Gasteiger charge is 2.25. The summed E-state index contributed by atoms with van der Waals surface area (Å²) in [6.45, 7) is 6.99. The number of carbonyl (C=O) groups is 1. The van der Waals surface area contributed by atoms with Crippen molar-refractivity contribution in [1.82, 2.24) is 10.2 Å². The number of nitrogens with one attached hydrogen (secondary N) is 1. The summed E-state index contributed by atoms with van der Waals surface area (Å²) in [6.07, 6.45) is 0.615. The monoisotopic (exact) mass is 285 g/mol. The van der Waals surface area contributed by atoms with Gasteiger partial charge in [-0.05, 0) is 23.1 Å². The summed E-state index contributed by atoms with van der Waals surface area (Å²) in [5.41, 5.74) is 9.53. The topological polar surface area (TPSA) is 81.0 Å². The first-order chi connectivity index (χ1) is 9.88. The Bertz CT molecular complexity index is 711. The summed E-state index contributed by atoms with van der Waals surface area (Å²) in [4.78, 5) is 11.5. The Balaban J connectivity index is 2.21. The molecule has 2 heterocycles. The fraction of sp³-hybridized carbons (Fsp3) is 0.375. The third-order valence-electron chi connectivity index (χ3n) is 3.82. The van der Waals surface area contributed by atoms with Crippen LogP contribution in [0.5, 0.6) is 5.75 Å². The molecule has 1 amide bonds. The van der Waals surface area contributed by atoms with Crippen molar-refractivity contribution in [2.24, 2.45) is 5.73 Å². The van der Waals surface area contributed by atoms with Gasteiger partial charge in [0.05, 0.1) is 12.3 Å². The van der Waals surface area contributed by atoms with Crippen molar-refractivity contribution in [3.8, 4) is 17.0 Å². The van der Waals surface area contributed by atoms with Crippen molar-refractivity contribution in [3.63, 3.8) is 0 Å². The number of carbonyl (C=O) groups excluding carboxylic acids is 1. The van der Waals surface area contributed by atoms with E-state index in [-0.39, 0.29) is 5.41 Å². The van der Waals surface area contributed by atoms with Gasteiger partial charge in [-0.1, -0.05) is 26.8 Å².